The van der Waals surface area contributed by atoms with E-state index in [1.54, 1.807) is 0 Å². The molecule has 1 aliphatic rings. The highest BCUT2D eigenvalue weighted by Gasteiger charge is 2.38. The molecule has 2 aromatic rings. The molecule has 28 heavy (non-hydrogen) atoms. The first-order valence-corrected chi connectivity index (χ1v) is 9.07. The van der Waals surface area contributed by atoms with Gasteiger partial charge >= 0.3 is 6.18 Å². The van der Waals surface area contributed by atoms with Crippen molar-refractivity contribution in [2.75, 3.05) is 18.1 Å². The largest absolute Gasteiger partial charge is 0.417 e. The number of carbonyl (C=O) groups excluding carboxylic acids is 1. The lowest BCUT2D eigenvalue weighted by molar-refractivity contribution is -0.137. The Morgan fingerprint density at radius 1 is 1.21 bits per heavy atom. The van der Waals surface area contributed by atoms with Crippen molar-refractivity contribution in [3.63, 3.8) is 0 Å². The predicted molar refractivity (Wildman–Crippen MR) is 100.0 cm³/mol. The van der Waals surface area contributed by atoms with Crippen LogP contribution in [0.1, 0.15) is 30.5 Å². The highest BCUT2D eigenvalue weighted by Crippen LogP contribution is 2.33. The summed E-state index contributed by atoms with van der Waals surface area (Å²) in [5.41, 5.74) is 1.22. The van der Waals surface area contributed by atoms with Crippen LogP contribution in [0.15, 0.2) is 42.6 Å². The Labute approximate surface area is 162 Å². The number of carbonyl (C=O) groups is 1. The van der Waals surface area contributed by atoms with E-state index in [9.17, 15) is 18.0 Å². The molecule has 3 rings (SSSR count). The van der Waals surface area contributed by atoms with Crippen molar-refractivity contribution in [1.82, 2.24) is 4.98 Å². The van der Waals surface area contributed by atoms with Crippen molar-refractivity contribution in [3.05, 3.63) is 59.3 Å². The second-order valence-corrected chi connectivity index (χ2v) is 7.86. The summed E-state index contributed by atoms with van der Waals surface area (Å²) in [6.07, 6.45) is -3.22. The van der Waals surface area contributed by atoms with Crippen LogP contribution >= 0.6 is 0 Å². The SMILES string of the molecule is Cc1cccc(CC(C)(C)C2CN(c3ccc(C(F)(F)F)cn3)C(=O)CO2)c1. The predicted octanol–water partition coefficient (Wildman–Crippen LogP) is 4.41. The molecule has 0 saturated carbocycles. The third-order valence-corrected chi connectivity index (χ3v) is 5.02. The minimum absolute atomic E-state index is 0.120. The molecule has 150 valence electrons. The van der Waals surface area contributed by atoms with Gasteiger partial charge in [0.05, 0.1) is 18.2 Å². The number of ether oxygens (including phenoxy) is 1. The van der Waals surface area contributed by atoms with Crippen molar-refractivity contribution in [1.29, 1.82) is 0 Å². The summed E-state index contributed by atoms with van der Waals surface area (Å²) >= 11 is 0. The van der Waals surface area contributed by atoms with Crippen LogP contribution in [0.5, 0.6) is 0 Å². The first-order chi connectivity index (χ1) is 13.1. The number of anilines is 1. The van der Waals surface area contributed by atoms with Gasteiger partial charge < -0.3 is 4.74 Å². The van der Waals surface area contributed by atoms with Gasteiger partial charge in [0.1, 0.15) is 12.4 Å². The van der Waals surface area contributed by atoms with Crippen LogP contribution < -0.4 is 4.90 Å². The fourth-order valence-electron chi connectivity index (χ4n) is 3.44. The van der Waals surface area contributed by atoms with Crippen LogP contribution in [-0.4, -0.2) is 30.1 Å². The maximum Gasteiger partial charge on any atom is 0.417 e. The Balaban J connectivity index is 1.77. The molecule has 0 N–H and O–H groups in total. The number of aryl methyl sites for hydroxylation is 1. The molecule has 1 aliphatic heterocycles. The molecule has 0 spiro atoms. The minimum Gasteiger partial charge on any atom is -0.366 e. The summed E-state index contributed by atoms with van der Waals surface area (Å²) in [6, 6.07) is 10.4. The van der Waals surface area contributed by atoms with Gasteiger partial charge in [-0.25, -0.2) is 4.98 Å². The summed E-state index contributed by atoms with van der Waals surface area (Å²) in [5.74, 6) is -0.104. The topological polar surface area (TPSA) is 42.4 Å². The molecule has 0 bridgehead atoms. The molecule has 0 aliphatic carbocycles. The Kier molecular flexibility index (Phi) is 5.48. The standard InChI is InChI=1S/C21H23F3N2O2/c1-14-5-4-6-15(9-14)10-20(2,3)17-12-26(19(27)13-28-17)18-8-7-16(11-25-18)21(22,23)24/h4-9,11,17H,10,12-13H2,1-3H3. The first-order valence-electron chi connectivity index (χ1n) is 9.07. The monoisotopic (exact) mass is 392 g/mol. The molecule has 1 aromatic carbocycles. The van der Waals surface area contributed by atoms with Gasteiger partial charge in [0.25, 0.3) is 5.91 Å². The Bertz CT molecular complexity index is 847. The molecule has 1 saturated heterocycles. The number of hydrogen-bond donors (Lipinski definition) is 0. The number of pyridine rings is 1. The summed E-state index contributed by atoms with van der Waals surface area (Å²) in [6.45, 7) is 6.28. The zero-order valence-corrected chi connectivity index (χ0v) is 16.1. The van der Waals surface area contributed by atoms with Crippen LogP contribution in [-0.2, 0) is 22.1 Å². The number of nitrogens with zero attached hydrogens (tertiary/aromatic N) is 2. The highest BCUT2D eigenvalue weighted by molar-refractivity contribution is 5.94. The number of hydrogen-bond acceptors (Lipinski definition) is 3. The Hall–Kier alpha value is -2.41. The number of benzene rings is 1. The second kappa shape index (κ2) is 7.54. The van der Waals surface area contributed by atoms with Crippen molar-refractivity contribution in [2.24, 2.45) is 5.41 Å². The quantitative estimate of drug-likeness (QED) is 0.774. The average Bonchev–Trinajstić information content (AvgIpc) is 2.61. The van der Waals surface area contributed by atoms with Crippen molar-refractivity contribution in [2.45, 2.75) is 39.5 Å². The summed E-state index contributed by atoms with van der Waals surface area (Å²) in [4.78, 5) is 17.6. The zero-order chi connectivity index (χ0) is 20.5. The van der Waals surface area contributed by atoms with E-state index in [0.29, 0.717) is 0 Å². The normalized spacial score (nSPS) is 18.4. The van der Waals surface area contributed by atoms with Gasteiger partial charge in [-0.1, -0.05) is 43.7 Å². The van der Waals surface area contributed by atoms with E-state index in [-0.39, 0.29) is 36.4 Å². The molecule has 0 radical (unpaired) electrons. The van der Waals surface area contributed by atoms with Gasteiger partial charge in [-0.05, 0) is 36.5 Å². The third-order valence-electron chi connectivity index (χ3n) is 5.02. The molecule has 7 heteroatoms. The lowest BCUT2D eigenvalue weighted by Crippen LogP contribution is -2.52. The molecule has 4 nitrogen and oxygen atoms in total. The molecule has 1 amide bonds. The lowest BCUT2D eigenvalue weighted by atomic mass is 9.79. The van der Waals surface area contributed by atoms with E-state index in [1.807, 2.05) is 19.1 Å². The van der Waals surface area contributed by atoms with E-state index >= 15 is 0 Å². The molecule has 1 atom stereocenters. The fraction of sp³-hybridized carbons (Fsp3) is 0.429. The number of morpholine rings is 1. The Morgan fingerprint density at radius 3 is 2.57 bits per heavy atom. The highest BCUT2D eigenvalue weighted by atomic mass is 19.4. The van der Waals surface area contributed by atoms with E-state index in [4.69, 9.17) is 4.74 Å². The molecule has 1 aromatic heterocycles. The van der Waals surface area contributed by atoms with Crippen molar-refractivity contribution < 1.29 is 22.7 Å². The third kappa shape index (κ3) is 4.52. The lowest BCUT2D eigenvalue weighted by Gasteiger charge is -2.40. The van der Waals surface area contributed by atoms with Gasteiger partial charge in [0, 0.05) is 6.20 Å². The number of rotatable bonds is 4. The molecule has 2 heterocycles. The van der Waals surface area contributed by atoms with Gasteiger partial charge in [-0.3, -0.25) is 9.69 Å². The van der Waals surface area contributed by atoms with E-state index in [2.05, 4.69) is 31.0 Å². The van der Waals surface area contributed by atoms with Crippen LogP contribution in [0.3, 0.4) is 0 Å². The molecular formula is C21H23F3N2O2. The maximum absolute atomic E-state index is 12.8. The second-order valence-electron chi connectivity index (χ2n) is 7.86. The number of alkyl halides is 3. The first kappa shape index (κ1) is 20.3. The van der Waals surface area contributed by atoms with Gasteiger partial charge in [-0.2, -0.15) is 13.2 Å². The summed E-state index contributed by atoms with van der Waals surface area (Å²) in [7, 11) is 0. The molecule has 1 unspecified atom stereocenters. The van der Waals surface area contributed by atoms with E-state index in [1.165, 1.54) is 22.1 Å². The number of amides is 1. The summed E-state index contributed by atoms with van der Waals surface area (Å²) in [5, 5.41) is 0. The minimum atomic E-state index is -4.46. The zero-order valence-electron chi connectivity index (χ0n) is 16.1. The van der Waals surface area contributed by atoms with Crippen LogP contribution in [0.4, 0.5) is 19.0 Å². The maximum atomic E-state index is 12.8. The van der Waals surface area contributed by atoms with Crippen LogP contribution in [0.2, 0.25) is 0 Å². The van der Waals surface area contributed by atoms with Gasteiger partial charge in [0.2, 0.25) is 0 Å². The number of aromatic nitrogens is 1. The molecule has 1 fully saturated rings. The van der Waals surface area contributed by atoms with Crippen molar-refractivity contribution >= 4 is 11.7 Å². The number of halogens is 3. The van der Waals surface area contributed by atoms with Crippen molar-refractivity contribution in [3.8, 4) is 0 Å². The van der Waals surface area contributed by atoms with E-state index in [0.717, 1.165) is 18.7 Å². The van der Waals surface area contributed by atoms with Gasteiger partial charge in [-0.15, -0.1) is 0 Å². The fourth-order valence-corrected chi connectivity index (χ4v) is 3.44. The van der Waals surface area contributed by atoms with Gasteiger partial charge in [0.15, 0.2) is 0 Å². The smallest absolute Gasteiger partial charge is 0.366 e. The molecular weight excluding hydrogens is 369 g/mol. The average molecular weight is 392 g/mol. The van der Waals surface area contributed by atoms with E-state index < -0.39 is 11.7 Å². The van der Waals surface area contributed by atoms with Crippen LogP contribution in [0.25, 0.3) is 0 Å². The Morgan fingerprint density at radius 2 is 1.96 bits per heavy atom. The van der Waals surface area contributed by atoms with Crippen LogP contribution in [0, 0.1) is 12.3 Å². The summed E-state index contributed by atoms with van der Waals surface area (Å²) < 4.78 is 44.0.